The summed E-state index contributed by atoms with van der Waals surface area (Å²) in [5, 5.41) is 0. The molecule has 0 amide bonds. The summed E-state index contributed by atoms with van der Waals surface area (Å²) in [4.78, 5) is 15.6. The molecule has 32 heavy (non-hydrogen) atoms. The second-order valence-electron chi connectivity index (χ2n) is 8.56. The number of esters is 1. The van der Waals surface area contributed by atoms with E-state index >= 15 is 0 Å². The molecule has 164 valence electrons. The smallest absolute Gasteiger partial charge is 0.340 e. The third-order valence-electron chi connectivity index (χ3n) is 6.52. The van der Waals surface area contributed by atoms with Crippen molar-refractivity contribution in [3.63, 3.8) is 0 Å². The van der Waals surface area contributed by atoms with Crippen molar-refractivity contribution in [1.82, 2.24) is 0 Å². The van der Waals surface area contributed by atoms with Crippen LogP contribution in [-0.4, -0.2) is 19.1 Å². The van der Waals surface area contributed by atoms with Gasteiger partial charge in [-0.1, -0.05) is 69.2 Å². The highest BCUT2D eigenvalue weighted by Crippen LogP contribution is 2.58. The molecule has 0 radical (unpaired) electrons. The van der Waals surface area contributed by atoms with Crippen molar-refractivity contribution in [3.8, 4) is 11.5 Å². The lowest BCUT2D eigenvalue weighted by molar-refractivity contribution is 0.0226. The van der Waals surface area contributed by atoms with Crippen molar-refractivity contribution < 1.29 is 14.3 Å². The van der Waals surface area contributed by atoms with E-state index in [2.05, 4.69) is 24.8 Å². The highest BCUT2D eigenvalue weighted by molar-refractivity contribution is 5.97. The van der Waals surface area contributed by atoms with Crippen LogP contribution in [0.5, 0.6) is 11.5 Å². The first-order chi connectivity index (χ1) is 15.7. The summed E-state index contributed by atoms with van der Waals surface area (Å²) < 4.78 is 12.8. The van der Waals surface area contributed by atoms with E-state index in [1.807, 2.05) is 60.7 Å². The summed E-state index contributed by atoms with van der Waals surface area (Å²) in [7, 11) is 0. The minimum atomic E-state index is -1.01. The van der Waals surface area contributed by atoms with Gasteiger partial charge in [-0.15, -0.1) is 0 Å². The zero-order valence-corrected chi connectivity index (χ0v) is 18.8. The maximum absolute atomic E-state index is 13.1. The first-order valence-electron chi connectivity index (χ1n) is 11.7. The molecule has 3 aromatic rings. The SMILES string of the molecule is CCCCN(CCCC)c1cccc2c1C1(OC(=O)c3ccccc31)c1ccccc1O2. The Balaban J connectivity index is 1.78. The lowest BCUT2D eigenvalue weighted by Crippen LogP contribution is -2.36. The van der Waals surface area contributed by atoms with Gasteiger partial charge in [0.25, 0.3) is 0 Å². The zero-order valence-electron chi connectivity index (χ0n) is 18.8. The number of hydrogen-bond acceptors (Lipinski definition) is 4. The Morgan fingerprint density at radius 2 is 1.44 bits per heavy atom. The molecule has 1 atom stereocenters. The van der Waals surface area contributed by atoms with Crippen LogP contribution >= 0.6 is 0 Å². The van der Waals surface area contributed by atoms with Gasteiger partial charge in [-0.05, 0) is 37.1 Å². The van der Waals surface area contributed by atoms with E-state index in [0.29, 0.717) is 5.56 Å². The fraction of sp³-hybridized carbons (Fsp3) is 0.321. The Morgan fingerprint density at radius 1 is 0.781 bits per heavy atom. The number of unbranched alkanes of at least 4 members (excludes halogenated alkanes) is 2. The number of carbonyl (C=O) groups is 1. The molecule has 0 bridgehead atoms. The molecule has 3 aromatic carbocycles. The summed E-state index contributed by atoms with van der Waals surface area (Å²) in [6, 6.07) is 21.9. The van der Waals surface area contributed by atoms with Crippen LogP contribution in [0.1, 0.15) is 66.6 Å². The molecule has 0 saturated carbocycles. The van der Waals surface area contributed by atoms with Crippen molar-refractivity contribution in [2.24, 2.45) is 0 Å². The van der Waals surface area contributed by atoms with E-state index in [-0.39, 0.29) is 5.97 Å². The monoisotopic (exact) mass is 427 g/mol. The predicted octanol–water partition coefficient (Wildman–Crippen LogP) is 6.66. The van der Waals surface area contributed by atoms with E-state index in [4.69, 9.17) is 9.47 Å². The Kier molecular flexibility index (Phi) is 5.38. The quantitative estimate of drug-likeness (QED) is 0.395. The molecule has 2 heterocycles. The summed E-state index contributed by atoms with van der Waals surface area (Å²) in [5.74, 6) is 1.20. The fourth-order valence-corrected chi connectivity index (χ4v) is 4.98. The minimum Gasteiger partial charge on any atom is -0.456 e. The van der Waals surface area contributed by atoms with Crippen molar-refractivity contribution in [3.05, 3.63) is 89.0 Å². The second kappa shape index (κ2) is 8.34. The number of rotatable bonds is 7. The Bertz CT molecular complexity index is 1150. The average Bonchev–Trinajstić information content (AvgIpc) is 3.12. The van der Waals surface area contributed by atoms with Gasteiger partial charge in [0.15, 0.2) is 5.60 Å². The van der Waals surface area contributed by atoms with Crippen LogP contribution < -0.4 is 9.64 Å². The van der Waals surface area contributed by atoms with Crippen LogP contribution in [0, 0.1) is 0 Å². The normalized spacial score (nSPS) is 17.9. The summed E-state index contributed by atoms with van der Waals surface area (Å²) in [5.41, 5.74) is 3.40. The molecular formula is C28H29NO3. The Labute approximate surface area is 189 Å². The van der Waals surface area contributed by atoms with Gasteiger partial charge in [0.1, 0.15) is 11.5 Å². The second-order valence-corrected chi connectivity index (χ2v) is 8.56. The van der Waals surface area contributed by atoms with Crippen LogP contribution in [0.2, 0.25) is 0 Å². The zero-order chi connectivity index (χ0) is 22.1. The molecule has 4 nitrogen and oxygen atoms in total. The van der Waals surface area contributed by atoms with E-state index in [9.17, 15) is 4.79 Å². The van der Waals surface area contributed by atoms with Gasteiger partial charge in [0.2, 0.25) is 0 Å². The van der Waals surface area contributed by atoms with Gasteiger partial charge >= 0.3 is 5.97 Å². The van der Waals surface area contributed by atoms with Crippen LogP contribution in [-0.2, 0) is 10.3 Å². The summed E-state index contributed by atoms with van der Waals surface area (Å²) in [6.07, 6.45) is 4.46. The van der Waals surface area contributed by atoms with Crippen molar-refractivity contribution in [2.75, 3.05) is 18.0 Å². The van der Waals surface area contributed by atoms with Crippen molar-refractivity contribution in [1.29, 1.82) is 0 Å². The first-order valence-corrected chi connectivity index (χ1v) is 11.7. The topological polar surface area (TPSA) is 38.8 Å². The highest BCUT2D eigenvalue weighted by atomic mass is 16.6. The van der Waals surface area contributed by atoms with Gasteiger partial charge in [0.05, 0.1) is 11.1 Å². The fourth-order valence-electron chi connectivity index (χ4n) is 4.98. The van der Waals surface area contributed by atoms with E-state index in [1.54, 1.807) is 0 Å². The molecule has 0 aliphatic carbocycles. The third-order valence-corrected chi connectivity index (χ3v) is 6.52. The van der Waals surface area contributed by atoms with Crippen LogP contribution in [0.3, 0.4) is 0 Å². The van der Waals surface area contributed by atoms with Gasteiger partial charge in [-0.3, -0.25) is 0 Å². The largest absolute Gasteiger partial charge is 0.456 e. The number of nitrogens with zero attached hydrogens (tertiary/aromatic N) is 1. The molecule has 0 aromatic heterocycles. The van der Waals surface area contributed by atoms with Crippen LogP contribution in [0.25, 0.3) is 0 Å². The van der Waals surface area contributed by atoms with Gasteiger partial charge in [-0.25, -0.2) is 4.79 Å². The van der Waals surface area contributed by atoms with Crippen LogP contribution in [0.4, 0.5) is 5.69 Å². The van der Waals surface area contributed by atoms with Gasteiger partial charge in [0, 0.05) is 29.9 Å². The number of para-hydroxylation sites is 1. The maximum atomic E-state index is 13.1. The molecule has 2 aliphatic rings. The molecule has 4 heteroatoms. The molecule has 0 fully saturated rings. The molecule has 0 N–H and O–H groups in total. The minimum absolute atomic E-state index is 0.285. The van der Waals surface area contributed by atoms with Crippen molar-refractivity contribution >= 4 is 11.7 Å². The molecular weight excluding hydrogens is 398 g/mol. The molecule has 0 saturated heterocycles. The molecule has 1 unspecified atom stereocenters. The van der Waals surface area contributed by atoms with E-state index < -0.39 is 5.60 Å². The first kappa shape index (κ1) is 20.6. The standard InChI is InChI=1S/C28H29NO3/c1-3-5-18-29(19-6-4-2)23-15-11-17-25-26(23)28(22-14-9-10-16-24(22)31-25)21-13-8-7-12-20(21)27(30)32-28/h7-17H,3-6,18-19H2,1-2H3. The summed E-state index contributed by atoms with van der Waals surface area (Å²) >= 11 is 0. The number of carbonyl (C=O) groups excluding carboxylic acids is 1. The molecule has 2 aliphatic heterocycles. The number of fused-ring (bicyclic) bond motifs is 6. The van der Waals surface area contributed by atoms with Crippen LogP contribution in [0.15, 0.2) is 66.7 Å². The van der Waals surface area contributed by atoms with Crippen molar-refractivity contribution in [2.45, 2.75) is 45.1 Å². The maximum Gasteiger partial charge on any atom is 0.340 e. The molecule has 5 rings (SSSR count). The van der Waals surface area contributed by atoms with Gasteiger partial charge < -0.3 is 14.4 Å². The Morgan fingerprint density at radius 3 is 2.19 bits per heavy atom. The van der Waals surface area contributed by atoms with E-state index in [0.717, 1.165) is 72.6 Å². The van der Waals surface area contributed by atoms with E-state index in [1.165, 1.54) is 0 Å². The average molecular weight is 428 g/mol. The lowest BCUT2D eigenvalue weighted by Gasteiger charge is -2.40. The number of benzene rings is 3. The number of ether oxygens (including phenoxy) is 2. The van der Waals surface area contributed by atoms with Gasteiger partial charge in [-0.2, -0.15) is 0 Å². The third kappa shape index (κ3) is 3.09. The predicted molar refractivity (Wildman–Crippen MR) is 127 cm³/mol. The number of anilines is 1. The highest BCUT2D eigenvalue weighted by Gasteiger charge is 2.54. The summed E-state index contributed by atoms with van der Waals surface area (Å²) in [6.45, 7) is 6.35. The molecule has 1 spiro atoms. The Hall–Kier alpha value is -3.27. The number of hydrogen-bond donors (Lipinski definition) is 0. The lowest BCUT2D eigenvalue weighted by atomic mass is 9.76.